The maximum atomic E-state index is 12.0. The van der Waals surface area contributed by atoms with Gasteiger partial charge < -0.3 is 15.0 Å². The molecule has 0 fully saturated rings. The number of carbonyl (C=O) groups excluding carboxylic acids is 2. The van der Waals surface area contributed by atoms with Gasteiger partial charge in [-0.2, -0.15) is 0 Å². The number of rotatable bonds is 5. The fourth-order valence-corrected chi connectivity index (χ4v) is 2.00. The van der Waals surface area contributed by atoms with Crippen molar-refractivity contribution in [3.05, 3.63) is 29.4 Å². The summed E-state index contributed by atoms with van der Waals surface area (Å²) in [6, 6.07) is 4.58. The molecule has 1 aromatic carbocycles. The minimum Gasteiger partial charge on any atom is -0.495 e. The second-order valence-electron chi connectivity index (χ2n) is 5.02. The van der Waals surface area contributed by atoms with Crippen LogP contribution in [0.2, 0.25) is 5.02 Å². The number of anilines is 2. The van der Waals surface area contributed by atoms with Crippen molar-refractivity contribution in [1.29, 1.82) is 0 Å². The third-order valence-electron chi connectivity index (χ3n) is 2.92. The van der Waals surface area contributed by atoms with Crippen LogP contribution in [0.25, 0.3) is 0 Å². The average molecular weight is 353 g/mol. The number of benzene rings is 1. The summed E-state index contributed by atoms with van der Waals surface area (Å²) >= 11 is 6.00. The molecule has 0 saturated carbocycles. The second kappa shape index (κ2) is 7.64. The summed E-state index contributed by atoms with van der Waals surface area (Å²) in [5.41, 5.74) is 0.534. The summed E-state index contributed by atoms with van der Waals surface area (Å²) < 4.78 is 6.36. The number of urea groups is 1. The smallest absolute Gasteiger partial charge is 0.322 e. The van der Waals surface area contributed by atoms with E-state index >= 15 is 0 Å². The molecule has 0 aliphatic heterocycles. The van der Waals surface area contributed by atoms with Crippen LogP contribution in [0.15, 0.2) is 24.4 Å². The summed E-state index contributed by atoms with van der Waals surface area (Å²) in [6.45, 7) is -0.0610. The second-order valence-corrected chi connectivity index (χ2v) is 5.43. The fourth-order valence-electron chi connectivity index (χ4n) is 1.75. The molecule has 24 heavy (non-hydrogen) atoms. The van der Waals surface area contributed by atoms with Gasteiger partial charge in [-0.05, 0) is 18.2 Å². The Morgan fingerprint density at radius 3 is 2.71 bits per heavy atom. The molecule has 0 bridgehead atoms. The molecule has 1 heterocycles. The lowest BCUT2D eigenvalue weighted by atomic mass is 10.3. The predicted molar refractivity (Wildman–Crippen MR) is 89.4 cm³/mol. The van der Waals surface area contributed by atoms with Gasteiger partial charge >= 0.3 is 6.03 Å². The lowest BCUT2D eigenvalue weighted by Crippen LogP contribution is -2.27. The molecule has 0 spiro atoms. The number of amides is 3. The van der Waals surface area contributed by atoms with Crippen molar-refractivity contribution in [1.82, 2.24) is 19.9 Å². The summed E-state index contributed by atoms with van der Waals surface area (Å²) in [5.74, 6) is 0.466. The first-order chi connectivity index (χ1) is 11.4. The highest BCUT2D eigenvalue weighted by molar-refractivity contribution is 6.32. The van der Waals surface area contributed by atoms with E-state index in [2.05, 4.69) is 20.9 Å². The molecule has 3 amide bonds. The van der Waals surface area contributed by atoms with Crippen LogP contribution in [-0.2, 0) is 11.3 Å². The van der Waals surface area contributed by atoms with E-state index in [9.17, 15) is 9.59 Å². The number of aromatic nitrogens is 3. The zero-order valence-corrected chi connectivity index (χ0v) is 14.2. The van der Waals surface area contributed by atoms with Gasteiger partial charge in [-0.15, -0.1) is 5.10 Å². The third kappa shape index (κ3) is 4.59. The lowest BCUT2D eigenvalue weighted by molar-refractivity contribution is -0.116. The van der Waals surface area contributed by atoms with Gasteiger partial charge in [0.2, 0.25) is 5.91 Å². The van der Waals surface area contributed by atoms with Crippen molar-refractivity contribution in [2.45, 2.75) is 6.54 Å². The highest BCUT2D eigenvalue weighted by Gasteiger charge is 2.10. The van der Waals surface area contributed by atoms with Crippen molar-refractivity contribution >= 4 is 35.0 Å². The molecule has 10 heteroatoms. The molecule has 2 rings (SSSR count). The van der Waals surface area contributed by atoms with Crippen LogP contribution in [0.3, 0.4) is 0 Å². The summed E-state index contributed by atoms with van der Waals surface area (Å²) in [7, 11) is 4.72. The van der Waals surface area contributed by atoms with Crippen molar-refractivity contribution < 1.29 is 14.3 Å². The predicted octanol–water partition coefficient (Wildman–Crippen LogP) is 1.67. The maximum Gasteiger partial charge on any atom is 0.322 e. The van der Waals surface area contributed by atoms with Crippen molar-refractivity contribution in [3.8, 4) is 5.75 Å². The van der Waals surface area contributed by atoms with Crippen LogP contribution in [0.5, 0.6) is 5.75 Å². The van der Waals surface area contributed by atoms with Crippen LogP contribution >= 0.6 is 11.6 Å². The van der Waals surface area contributed by atoms with E-state index in [1.165, 1.54) is 22.9 Å². The van der Waals surface area contributed by atoms with E-state index in [1.807, 2.05) is 0 Å². The SMILES string of the molecule is COc1ccc(NC(=O)Cn2cc(NC(=O)N(C)C)nn2)cc1Cl. The van der Waals surface area contributed by atoms with Crippen LogP contribution < -0.4 is 15.4 Å². The first kappa shape index (κ1) is 17.5. The molecule has 0 atom stereocenters. The number of ether oxygens (including phenoxy) is 1. The molecule has 0 aliphatic rings. The Kier molecular flexibility index (Phi) is 5.59. The Labute approximate surface area is 143 Å². The Hall–Kier alpha value is -2.81. The van der Waals surface area contributed by atoms with Gasteiger partial charge in [0.1, 0.15) is 12.3 Å². The van der Waals surface area contributed by atoms with E-state index in [0.29, 0.717) is 16.5 Å². The van der Waals surface area contributed by atoms with Crippen LogP contribution in [0.4, 0.5) is 16.3 Å². The molecule has 0 aliphatic carbocycles. The number of hydrogen-bond donors (Lipinski definition) is 2. The number of halogens is 1. The highest BCUT2D eigenvalue weighted by atomic mass is 35.5. The molecule has 2 aromatic rings. The minimum absolute atomic E-state index is 0.0610. The van der Waals surface area contributed by atoms with E-state index in [-0.39, 0.29) is 24.3 Å². The zero-order valence-electron chi connectivity index (χ0n) is 13.4. The van der Waals surface area contributed by atoms with Gasteiger partial charge in [0.15, 0.2) is 5.82 Å². The molecule has 0 saturated heterocycles. The number of nitrogens with zero attached hydrogens (tertiary/aromatic N) is 4. The van der Waals surface area contributed by atoms with Gasteiger partial charge in [-0.3, -0.25) is 10.1 Å². The normalized spacial score (nSPS) is 10.2. The monoisotopic (exact) mass is 352 g/mol. The minimum atomic E-state index is -0.334. The molecule has 2 N–H and O–H groups in total. The van der Waals surface area contributed by atoms with Gasteiger partial charge in [0.05, 0.1) is 18.3 Å². The molecule has 9 nitrogen and oxygen atoms in total. The Morgan fingerprint density at radius 2 is 2.08 bits per heavy atom. The largest absolute Gasteiger partial charge is 0.495 e. The number of nitrogens with one attached hydrogen (secondary N) is 2. The zero-order chi connectivity index (χ0) is 17.7. The summed E-state index contributed by atoms with van der Waals surface area (Å²) in [5, 5.41) is 13.2. The van der Waals surface area contributed by atoms with E-state index in [1.54, 1.807) is 32.3 Å². The van der Waals surface area contributed by atoms with Gasteiger partial charge in [0, 0.05) is 19.8 Å². The summed E-state index contributed by atoms with van der Waals surface area (Å²) in [6.07, 6.45) is 1.46. The van der Waals surface area contributed by atoms with E-state index in [4.69, 9.17) is 16.3 Å². The highest BCUT2D eigenvalue weighted by Crippen LogP contribution is 2.27. The third-order valence-corrected chi connectivity index (χ3v) is 3.22. The van der Waals surface area contributed by atoms with Crippen molar-refractivity contribution in [2.24, 2.45) is 0 Å². The number of hydrogen-bond acceptors (Lipinski definition) is 5. The van der Waals surface area contributed by atoms with E-state index in [0.717, 1.165) is 0 Å². The molecule has 128 valence electrons. The molecule has 1 aromatic heterocycles. The quantitative estimate of drug-likeness (QED) is 0.852. The summed E-state index contributed by atoms with van der Waals surface area (Å²) in [4.78, 5) is 24.9. The first-order valence-electron chi connectivity index (χ1n) is 6.91. The first-order valence-corrected chi connectivity index (χ1v) is 7.28. The maximum absolute atomic E-state index is 12.0. The van der Waals surface area contributed by atoms with E-state index < -0.39 is 0 Å². The average Bonchev–Trinajstić information content (AvgIpc) is 2.94. The molecule has 0 unspecified atom stereocenters. The Bertz CT molecular complexity index is 746. The van der Waals surface area contributed by atoms with Crippen molar-refractivity contribution in [3.63, 3.8) is 0 Å². The van der Waals surface area contributed by atoms with Gasteiger partial charge in [-0.25, -0.2) is 9.48 Å². The van der Waals surface area contributed by atoms with Crippen LogP contribution in [0, 0.1) is 0 Å². The van der Waals surface area contributed by atoms with Crippen molar-refractivity contribution in [2.75, 3.05) is 31.8 Å². The lowest BCUT2D eigenvalue weighted by Gasteiger charge is -2.09. The Morgan fingerprint density at radius 1 is 1.33 bits per heavy atom. The number of methoxy groups -OCH3 is 1. The fraction of sp³-hybridized carbons (Fsp3) is 0.286. The Balaban J connectivity index is 1.94. The number of carbonyl (C=O) groups is 2. The van der Waals surface area contributed by atoms with Crippen LogP contribution in [-0.4, -0.2) is 53.0 Å². The molecular weight excluding hydrogens is 336 g/mol. The molecule has 0 radical (unpaired) electrons. The standard InChI is InChI=1S/C14H17ClN6O3/c1-20(2)14(23)17-12-7-21(19-18-12)8-13(22)16-9-4-5-11(24-3)10(15)6-9/h4-7H,8H2,1-3H3,(H,16,22)(H,17,23). The topological polar surface area (TPSA) is 101 Å². The van der Waals surface area contributed by atoms with Crippen LogP contribution in [0.1, 0.15) is 0 Å². The van der Waals surface area contributed by atoms with Gasteiger partial charge in [-0.1, -0.05) is 16.8 Å². The van der Waals surface area contributed by atoms with Gasteiger partial charge in [0.25, 0.3) is 0 Å². The molecular formula is C14H17ClN6O3.